The van der Waals surface area contributed by atoms with Gasteiger partial charge in [0.05, 0.1) is 13.2 Å². The minimum Gasteiger partial charge on any atom is -0.378 e. The minimum absolute atomic E-state index is 0.0240. The predicted octanol–water partition coefficient (Wildman–Crippen LogP) is 3.05. The van der Waals surface area contributed by atoms with Crippen molar-refractivity contribution in [3.05, 3.63) is 47.4 Å². The van der Waals surface area contributed by atoms with Gasteiger partial charge in [-0.2, -0.15) is 0 Å². The first-order valence-corrected chi connectivity index (χ1v) is 8.80. The highest BCUT2D eigenvalue weighted by Gasteiger charge is 2.20. The van der Waals surface area contributed by atoms with Crippen LogP contribution in [0.15, 0.2) is 30.3 Å². The molecule has 5 nitrogen and oxygen atoms in total. The molecule has 0 spiro atoms. The number of ketones is 1. The SMILES string of the molecule is CC(=O)c1cc(-c2ccc(F)cc2)n(CCC(=O)N2CCOCC2)c1C. The van der Waals surface area contributed by atoms with Crippen LogP contribution in [0, 0.1) is 12.7 Å². The van der Waals surface area contributed by atoms with Crippen LogP contribution in [-0.2, 0) is 16.1 Å². The van der Waals surface area contributed by atoms with Gasteiger partial charge in [0.1, 0.15) is 5.82 Å². The van der Waals surface area contributed by atoms with Crippen molar-refractivity contribution in [3.63, 3.8) is 0 Å². The van der Waals surface area contributed by atoms with Crippen molar-refractivity contribution in [1.29, 1.82) is 0 Å². The smallest absolute Gasteiger partial charge is 0.224 e. The molecule has 0 bridgehead atoms. The first-order chi connectivity index (χ1) is 12.5. The number of carbonyl (C=O) groups excluding carboxylic acids is 2. The monoisotopic (exact) mass is 358 g/mol. The van der Waals surface area contributed by atoms with Gasteiger partial charge < -0.3 is 14.2 Å². The molecule has 1 aliphatic rings. The van der Waals surface area contributed by atoms with E-state index in [1.165, 1.54) is 19.1 Å². The molecule has 0 unspecified atom stereocenters. The molecule has 1 saturated heterocycles. The van der Waals surface area contributed by atoms with E-state index in [-0.39, 0.29) is 17.5 Å². The van der Waals surface area contributed by atoms with E-state index < -0.39 is 0 Å². The van der Waals surface area contributed by atoms with Gasteiger partial charge in [-0.3, -0.25) is 9.59 Å². The number of carbonyl (C=O) groups is 2. The number of morpholine rings is 1. The Morgan fingerprint density at radius 2 is 1.81 bits per heavy atom. The van der Waals surface area contributed by atoms with Crippen LogP contribution < -0.4 is 0 Å². The summed E-state index contributed by atoms with van der Waals surface area (Å²) in [6, 6.07) is 8.00. The predicted molar refractivity (Wildman–Crippen MR) is 96.6 cm³/mol. The van der Waals surface area contributed by atoms with Crippen LogP contribution in [0.5, 0.6) is 0 Å². The summed E-state index contributed by atoms with van der Waals surface area (Å²) in [7, 11) is 0. The molecule has 0 N–H and O–H groups in total. The number of hydrogen-bond acceptors (Lipinski definition) is 3. The van der Waals surface area contributed by atoms with Gasteiger partial charge in [0, 0.05) is 43.0 Å². The molecule has 0 atom stereocenters. The van der Waals surface area contributed by atoms with Crippen LogP contribution in [0.2, 0.25) is 0 Å². The van der Waals surface area contributed by atoms with Gasteiger partial charge in [-0.05, 0) is 49.7 Å². The molecule has 1 aromatic heterocycles. The number of nitrogens with zero attached hydrogens (tertiary/aromatic N) is 2. The third-order valence-electron chi connectivity index (χ3n) is 4.80. The second-order valence-corrected chi connectivity index (χ2v) is 6.49. The van der Waals surface area contributed by atoms with Crippen molar-refractivity contribution in [3.8, 4) is 11.3 Å². The third-order valence-corrected chi connectivity index (χ3v) is 4.80. The lowest BCUT2D eigenvalue weighted by atomic mass is 10.1. The molecule has 0 radical (unpaired) electrons. The summed E-state index contributed by atoms with van der Waals surface area (Å²) in [4.78, 5) is 26.2. The molecule has 1 aromatic carbocycles. The quantitative estimate of drug-likeness (QED) is 0.772. The van der Waals surface area contributed by atoms with Crippen molar-refractivity contribution in [1.82, 2.24) is 9.47 Å². The zero-order valence-corrected chi connectivity index (χ0v) is 15.1. The van der Waals surface area contributed by atoms with E-state index in [0.717, 1.165) is 17.0 Å². The van der Waals surface area contributed by atoms with Crippen LogP contribution in [0.3, 0.4) is 0 Å². The summed E-state index contributed by atoms with van der Waals surface area (Å²) in [6.45, 7) is 6.26. The summed E-state index contributed by atoms with van der Waals surface area (Å²) in [5.74, 6) is -0.252. The van der Waals surface area contributed by atoms with Gasteiger partial charge in [0.15, 0.2) is 5.78 Å². The average Bonchev–Trinajstić information content (AvgIpc) is 2.98. The van der Waals surface area contributed by atoms with Crippen molar-refractivity contribution in [2.75, 3.05) is 26.3 Å². The van der Waals surface area contributed by atoms with E-state index in [1.807, 2.05) is 22.5 Å². The van der Waals surface area contributed by atoms with Crippen LogP contribution in [0.1, 0.15) is 29.4 Å². The van der Waals surface area contributed by atoms with Crippen LogP contribution in [0.25, 0.3) is 11.3 Å². The van der Waals surface area contributed by atoms with Crippen molar-refractivity contribution in [2.45, 2.75) is 26.8 Å². The van der Waals surface area contributed by atoms with Crippen molar-refractivity contribution in [2.24, 2.45) is 0 Å². The first-order valence-electron chi connectivity index (χ1n) is 8.80. The Morgan fingerprint density at radius 1 is 1.15 bits per heavy atom. The topological polar surface area (TPSA) is 51.5 Å². The van der Waals surface area contributed by atoms with Gasteiger partial charge in [0.25, 0.3) is 0 Å². The molecule has 3 rings (SSSR count). The van der Waals surface area contributed by atoms with E-state index in [9.17, 15) is 14.0 Å². The summed E-state index contributed by atoms with van der Waals surface area (Å²) in [5, 5.41) is 0. The van der Waals surface area contributed by atoms with Crippen molar-refractivity contribution >= 4 is 11.7 Å². The second kappa shape index (κ2) is 7.83. The highest BCUT2D eigenvalue weighted by Crippen LogP contribution is 2.27. The van der Waals surface area contributed by atoms with Crippen LogP contribution in [0.4, 0.5) is 4.39 Å². The second-order valence-electron chi connectivity index (χ2n) is 6.49. The third kappa shape index (κ3) is 3.85. The Balaban J connectivity index is 1.85. The molecule has 2 aromatic rings. The molecule has 6 heteroatoms. The standard InChI is InChI=1S/C20H23FN2O3/c1-14-18(15(2)24)13-19(16-3-5-17(21)6-4-16)23(14)8-7-20(25)22-9-11-26-12-10-22/h3-6,13H,7-12H2,1-2H3. The van der Waals surface area contributed by atoms with Gasteiger partial charge in [-0.25, -0.2) is 4.39 Å². The molecule has 0 aliphatic carbocycles. The molecule has 0 saturated carbocycles. The highest BCUT2D eigenvalue weighted by atomic mass is 19.1. The molecule has 1 fully saturated rings. The number of Topliss-reactive ketones (excluding diaryl/α,β-unsaturated/α-hetero) is 1. The summed E-state index contributed by atoms with van der Waals surface area (Å²) < 4.78 is 20.5. The van der Waals surface area contributed by atoms with E-state index in [0.29, 0.717) is 44.8 Å². The number of ether oxygens (including phenoxy) is 1. The molecule has 2 heterocycles. The molecular weight excluding hydrogens is 335 g/mol. The summed E-state index contributed by atoms with van der Waals surface area (Å²) >= 11 is 0. The minimum atomic E-state index is -0.308. The number of amides is 1. The molecule has 138 valence electrons. The zero-order chi connectivity index (χ0) is 18.7. The maximum Gasteiger partial charge on any atom is 0.224 e. The van der Waals surface area contributed by atoms with Gasteiger partial charge in [-0.15, -0.1) is 0 Å². The van der Waals surface area contributed by atoms with Gasteiger partial charge >= 0.3 is 0 Å². The Kier molecular flexibility index (Phi) is 5.52. The number of aromatic nitrogens is 1. The van der Waals surface area contributed by atoms with E-state index >= 15 is 0 Å². The highest BCUT2D eigenvalue weighted by molar-refractivity contribution is 5.96. The Labute approximate surface area is 152 Å². The fourth-order valence-corrected chi connectivity index (χ4v) is 3.33. The Morgan fingerprint density at radius 3 is 2.42 bits per heavy atom. The van der Waals surface area contributed by atoms with E-state index in [4.69, 9.17) is 4.74 Å². The average molecular weight is 358 g/mol. The van der Waals surface area contributed by atoms with E-state index in [1.54, 1.807) is 12.1 Å². The summed E-state index contributed by atoms with van der Waals surface area (Å²) in [5.41, 5.74) is 3.10. The lowest BCUT2D eigenvalue weighted by Gasteiger charge is -2.27. The fourth-order valence-electron chi connectivity index (χ4n) is 3.33. The maximum absolute atomic E-state index is 13.3. The number of hydrogen-bond donors (Lipinski definition) is 0. The molecule has 26 heavy (non-hydrogen) atoms. The lowest BCUT2D eigenvalue weighted by Crippen LogP contribution is -2.41. The van der Waals surface area contributed by atoms with Gasteiger partial charge in [-0.1, -0.05) is 0 Å². The van der Waals surface area contributed by atoms with E-state index in [2.05, 4.69) is 0 Å². The number of benzene rings is 1. The number of halogens is 1. The van der Waals surface area contributed by atoms with Crippen molar-refractivity contribution < 1.29 is 18.7 Å². The molecule has 1 aliphatic heterocycles. The number of rotatable bonds is 5. The largest absolute Gasteiger partial charge is 0.378 e. The zero-order valence-electron chi connectivity index (χ0n) is 15.1. The lowest BCUT2D eigenvalue weighted by molar-refractivity contribution is -0.135. The molecular formula is C20H23FN2O3. The molecule has 1 amide bonds. The maximum atomic E-state index is 13.3. The van der Waals surface area contributed by atoms with Gasteiger partial charge in [0.2, 0.25) is 5.91 Å². The van der Waals surface area contributed by atoms with Crippen LogP contribution in [-0.4, -0.2) is 47.5 Å². The Hall–Kier alpha value is -2.47. The fraction of sp³-hybridized carbons (Fsp3) is 0.400. The van der Waals surface area contributed by atoms with Crippen LogP contribution >= 0.6 is 0 Å². The first kappa shape index (κ1) is 18.3. The Bertz CT molecular complexity index is 805. The summed E-state index contributed by atoms with van der Waals surface area (Å²) in [6.07, 6.45) is 0.348. The normalized spacial score (nSPS) is 14.5.